The lowest BCUT2D eigenvalue weighted by Gasteiger charge is -2.12. The Bertz CT molecular complexity index is 3390. The molecule has 5 nitrogen and oxygen atoms in total. The topological polar surface area (TPSA) is 64.5 Å². The molecule has 5 heteroatoms. The quantitative estimate of drug-likeness (QED) is 0.151. The first-order valence-corrected chi connectivity index (χ1v) is 20.5. The zero-order valence-electron chi connectivity index (χ0n) is 33.4. The molecule has 0 fully saturated rings. The minimum atomic E-state index is 0.675. The van der Waals surface area contributed by atoms with Crippen molar-refractivity contribution in [3.63, 3.8) is 0 Å². The van der Waals surface area contributed by atoms with Crippen LogP contribution in [-0.4, -0.2) is 24.9 Å². The van der Waals surface area contributed by atoms with Crippen LogP contribution < -0.4 is 0 Å². The summed E-state index contributed by atoms with van der Waals surface area (Å²) in [6, 6.07) is 67.6. The summed E-state index contributed by atoms with van der Waals surface area (Å²) in [6.45, 7) is 2.15. The molecule has 11 rings (SSSR count). The number of rotatable bonds is 7. The molecule has 0 radical (unpaired) electrons. The first-order chi connectivity index (χ1) is 30.1. The molecular formula is C56H37N5. The van der Waals surface area contributed by atoms with Crippen LogP contribution in [0.5, 0.6) is 0 Å². The van der Waals surface area contributed by atoms with Crippen molar-refractivity contribution in [3.8, 4) is 78.7 Å². The van der Waals surface area contributed by atoms with Crippen LogP contribution in [0, 0.1) is 6.92 Å². The summed E-state index contributed by atoms with van der Waals surface area (Å²) < 4.78 is 0. The maximum absolute atomic E-state index is 5.21. The molecule has 0 spiro atoms. The van der Waals surface area contributed by atoms with Gasteiger partial charge in [-0.25, -0.2) is 19.9 Å². The fourth-order valence-corrected chi connectivity index (χ4v) is 8.30. The van der Waals surface area contributed by atoms with E-state index in [1.807, 2.05) is 36.7 Å². The highest BCUT2D eigenvalue weighted by Crippen LogP contribution is 2.35. The van der Waals surface area contributed by atoms with Gasteiger partial charge in [-0.1, -0.05) is 164 Å². The second kappa shape index (κ2) is 15.2. The number of nitrogens with zero attached hydrogens (tertiary/aromatic N) is 5. The predicted octanol–water partition coefficient (Wildman–Crippen LogP) is 14.1. The van der Waals surface area contributed by atoms with Crippen LogP contribution in [0.15, 0.2) is 207 Å². The SMILES string of the molecule is Cc1cc(-c2ccccc2)nc2c1ccc1ccc(-c3ccc(-c4ccc(-c5nc(-c6ccccc6)cc(-c6cccc(-c7cccc8ccncc78)c6)n5)cc4)cc3)nc12. The van der Waals surface area contributed by atoms with Gasteiger partial charge in [-0.3, -0.25) is 4.98 Å². The Kier molecular flexibility index (Phi) is 8.98. The van der Waals surface area contributed by atoms with E-state index in [-0.39, 0.29) is 0 Å². The Morgan fingerprint density at radius 3 is 1.64 bits per heavy atom. The zero-order valence-corrected chi connectivity index (χ0v) is 33.4. The fourth-order valence-electron chi connectivity index (χ4n) is 8.30. The monoisotopic (exact) mass is 779 g/mol. The largest absolute Gasteiger partial charge is 0.264 e. The van der Waals surface area contributed by atoms with Crippen molar-refractivity contribution >= 4 is 32.6 Å². The molecule has 286 valence electrons. The second-order valence-corrected chi connectivity index (χ2v) is 15.4. The molecule has 0 aliphatic carbocycles. The third kappa shape index (κ3) is 6.88. The Morgan fingerprint density at radius 1 is 0.328 bits per heavy atom. The Morgan fingerprint density at radius 2 is 0.902 bits per heavy atom. The van der Waals surface area contributed by atoms with Gasteiger partial charge < -0.3 is 0 Å². The number of pyridine rings is 3. The molecule has 4 heterocycles. The lowest BCUT2D eigenvalue weighted by molar-refractivity contribution is 1.18. The summed E-state index contributed by atoms with van der Waals surface area (Å²) in [5.74, 6) is 0.675. The molecule has 0 aliphatic rings. The van der Waals surface area contributed by atoms with Gasteiger partial charge in [0.1, 0.15) is 0 Å². The van der Waals surface area contributed by atoms with E-state index in [2.05, 4.69) is 182 Å². The van der Waals surface area contributed by atoms with Gasteiger partial charge in [-0.2, -0.15) is 0 Å². The predicted molar refractivity (Wildman–Crippen MR) is 251 cm³/mol. The maximum Gasteiger partial charge on any atom is 0.160 e. The van der Waals surface area contributed by atoms with Crippen LogP contribution >= 0.6 is 0 Å². The van der Waals surface area contributed by atoms with E-state index < -0.39 is 0 Å². The number of benzene rings is 7. The lowest BCUT2D eigenvalue weighted by atomic mass is 9.97. The summed E-state index contributed by atoms with van der Waals surface area (Å²) in [7, 11) is 0. The Balaban J connectivity index is 0.913. The van der Waals surface area contributed by atoms with Gasteiger partial charge >= 0.3 is 0 Å². The van der Waals surface area contributed by atoms with Gasteiger partial charge in [0.15, 0.2) is 5.82 Å². The number of hydrogen-bond donors (Lipinski definition) is 0. The number of fused-ring (bicyclic) bond motifs is 4. The van der Waals surface area contributed by atoms with Crippen molar-refractivity contribution in [1.82, 2.24) is 24.9 Å². The molecule has 0 atom stereocenters. The standard InChI is InChI=1S/C56H37N5/c1-36-32-51(40-10-4-2-5-11-40)59-55-47(36)28-26-43-27-29-50(58-54(43)55)42-22-18-37(19-23-42)38-20-24-44(25-21-38)56-60-52(41-12-6-3-7-13-41)34-53(61-56)46-16-8-15-45(33-46)48-17-9-14-39-30-31-57-35-49(39)48/h2-35H,1H3. The molecule has 4 aromatic heterocycles. The third-order valence-electron chi connectivity index (χ3n) is 11.5. The van der Waals surface area contributed by atoms with Crippen molar-refractivity contribution in [1.29, 1.82) is 0 Å². The van der Waals surface area contributed by atoms with E-state index in [0.29, 0.717) is 5.82 Å². The first-order valence-electron chi connectivity index (χ1n) is 20.5. The Hall–Kier alpha value is -8.15. The van der Waals surface area contributed by atoms with Crippen LogP contribution in [0.1, 0.15) is 5.56 Å². The number of aromatic nitrogens is 5. The summed E-state index contributed by atoms with van der Waals surface area (Å²) >= 11 is 0. The molecule has 0 aliphatic heterocycles. The van der Waals surface area contributed by atoms with E-state index in [9.17, 15) is 0 Å². The molecule has 11 aromatic rings. The van der Waals surface area contributed by atoms with Gasteiger partial charge in [-0.05, 0) is 70.5 Å². The van der Waals surface area contributed by atoms with Crippen LogP contribution in [0.3, 0.4) is 0 Å². The lowest BCUT2D eigenvalue weighted by Crippen LogP contribution is -1.96. The number of aryl methyl sites for hydroxylation is 1. The molecule has 7 aromatic carbocycles. The average Bonchev–Trinajstić information content (AvgIpc) is 3.34. The van der Waals surface area contributed by atoms with Crippen LogP contribution in [-0.2, 0) is 0 Å². The molecular weight excluding hydrogens is 743 g/mol. The molecule has 0 saturated carbocycles. The second-order valence-electron chi connectivity index (χ2n) is 15.4. The minimum Gasteiger partial charge on any atom is -0.264 e. The van der Waals surface area contributed by atoms with E-state index in [1.54, 1.807) is 0 Å². The molecule has 0 amide bonds. The van der Waals surface area contributed by atoms with Crippen LogP contribution in [0.4, 0.5) is 0 Å². The van der Waals surface area contributed by atoms with Gasteiger partial charge in [0, 0.05) is 56.4 Å². The van der Waals surface area contributed by atoms with Gasteiger partial charge in [0.2, 0.25) is 0 Å². The summed E-state index contributed by atoms with van der Waals surface area (Å²) in [5, 5.41) is 4.47. The summed E-state index contributed by atoms with van der Waals surface area (Å²) in [5.41, 5.74) is 16.3. The highest BCUT2D eigenvalue weighted by atomic mass is 14.9. The minimum absolute atomic E-state index is 0.675. The molecule has 0 unspecified atom stereocenters. The average molecular weight is 780 g/mol. The highest BCUT2D eigenvalue weighted by molar-refractivity contribution is 6.05. The van der Waals surface area contributed by atoms with Crippen molar-refractivity contribution in [2.75, 3.05) is 0 Å². The molecule has 0 saturated heterocycles. The van der Waals surface area contributed by atoms with E-state index in [1.165, 1.54) is 5.56 Å². The van der Waals surface area contributed by atoms with E-state index in [4.69, 9.17) is 19.9 Å². The normalized spacial score (nSPS) is 11.4. The van der Waals surface area contributed by atoms with Crippen LogP contribution in [0.25, 0.3) is 111 Å². The van der Waals surface area contributed by atoms with Gasteiger partial charge in [0.05, 0.1) is 33.8 Å². The summed E-state index contributed by atoms with van der Waals surface area (Å²) in [4.78, 5) is 25.0. The molecule has 0 N–H and O–H groups in total. The van der Waals surface area contributed by atoms with E-state index >= 15 is 0 Å². The fraction of sp³-hybridized carbons (Fsp3) is 0.0179. The Labute approximate surface area is 353 Å². The molecule has 61 heavy (non-hydrogen) atoms. The maximum atomic E-state index is 5.21. The van der Waals surface area contributed by atoms with Crippen LogP contribution in [0.2, 0.25) is 0 Å². The molecule has 0 bridgehead atoms. The van der Waals surface area contributed by atoms with Gasteiger partial charge in [-0.15, -0.1) is 0 Å². The highest BCUT2D eigenvalue weighted by Gasteiger charge is 2.14. The summed E-state index contributed by atoms with van der Waals surface area (Å²) in [6.07, 6.45) is 3.78. The van der Waals surface area contributed by atoms with Crippen molar-refractivity contribution in [3.05, 3.63) is 212 Å². The third-order valence-corrected chi connectivity index (χ3v) is 11.5. The van der Waals surface area contributed by atoms with Crippen molar-refractivity contribution in [2.24, 2.45) is 0 Å². The van der Waals surface area contributed by atoms with Crippen molar-refractivity contribution in [2.45, 2.75) is 6.92 Å². The van der Waals surface area contributed by atoms with Crippen molar-refractivity contribution < 1.29 is 0 Å². The smallest absolute Gasteiger partial charge is 0.160 e. The number of hydrogen-bond acceptors (Lipinski definition) is 5. The zero-order chi connectivity index (χ0) is 40.7. The first kappa shape index (κ1) is 36.0. The van der Waals surface area contributed by atoms with Gasteiger partial charge in [0.25, 0.3) is 0 Å². The van der Waals surface area contributed by atoms with E-state index in [0.717, 1.165) is 105 Å².